The van der Waals surface area contributed by atoms with E-state index < -0.39 is 5.97 Å². The van der Waals surface area contributed by atoms with E-state index in [1.165, 1.54) is 23.1 Å². The Labute approximate surface area is 113 Å². The fourth-order valence-electron chi connectivity index (χ4n) is 1.24. The van der Waals surface area contributed by atoms with Gasteiger partial charge in [-0.25, -0.2) is 9.59 Å². The van der Waals surface area contributed by atoms with Gasteiger partial charge in [-0.2, -0.15) is 0 Å². The average Bonchev–Trinajstić information content (AvgIpc) is 2.31. The Bertz CT molecular complexity index is 488. The van der Waals surface area contributed by atoms with Crippen LogP contribution in [0.1, 0.15) is 10.4 Å². The molecule has 0 heterocycles. The maximum atomic E-state index is 11.7. The summed E-state index contributed by atoms with van der Waals surface area (Å²) in [5, 5.41) is 11.5. The zero-order valence-corrected chi connectivity index (χ0v) is 11.4. The highest BCUT2D eigenvalue weighted by atomic mass is 79.9. The van der Waals surface area contributed by atoms with E-state index >= 15 is 0 Å². The van der Waals surface area contributed by atoms with Crippen molar-refractivity contribution in [3.8, 4) is 0 Å². The van der Waals surface area contributed by atoms with Crippen molar-refractivity contribution in [3.05, 3.63) is 40.9 Å². The highest BCUT2D eigenvalue weighted by molar-refractivity contribution is 9.10. The number of nitrogens with zero attached hydrogens (tertiary/aromatic N) is 1. The van der Waals surface area contributed by atoms with Crippen LogP contribution < -0.4 is 5.32 Å². The van der Waals surface area contributed by atoms with Gasteiger partial charge in [-0.05, 0) is 34.1 Å². The van der Waals surface area contributed by atoms with E-state index in [4.69, 9.17) is 5.11 Å². The highest BCUT2D eigenvalue weighted by Gasteiger charge is 2.11. The summed E-state index contributed by atoms with van der Waals surface area (Å²) < 4.78 is 0.516. The zero-order chi connectivity index (χ0) is 13.7. The highest BCUT2D eigenvalue weighted by Crippen LogP contribution is 2.23. The number of carbonyl (C=O) groups is 2. The average molecular weight is 313 g/mol. The van der Waals surface area contributed by atoms with E-state index in [-0.39, 0.29) is 11.6 Å². The van der Waals surface area contributed by atoms with Gasteiger partial charge in [0.15, 0.2) is 0 Å². The number of aromatic carboxylic acids is 1. The lowest BCUT2D eigenvalue weighted by atomic mass is 10.2. The maximum absolute atomic E-state index is 11.7. The van der Waals surface area contributed by atoms with Crippen molar-refractivity contribution in [1.29, 1.82) is 0 Å². The molecule has 96 valence electrons. The summed E-state index contributed by atoms with van der Waals surface area (Å²) in [6.07, 6.45) is 1.61. The third-order valence-electron chi connectivity index (χ3n) is 2.21. The van der Waals surface area contributed by atoms with E-state index in [0.717, 1.165) is 0 Å². The van der Waals surface area contributed by atoms with Gasteiger partial charge < -0.3 is 15.3 Å². The van der Waals surface area contributed by atoms with Crippen molar-refractivity contribution < 1.29 is 14.7 Å². The molecule has 0 aromatic heterocycles. The quantitative estimate of drug-likeness (QED) is 0.840. The molecule has 0 saturated heterocycles. The van der Waals surface area contributed by atoms with Gasteiger partial charge in [0.25, 0.3) is 0 Å². The van der Waals surface area contributed by atoms with E-state index in [0.29, 0.717) is 16.7 Å². The summed E-state index contributed by atoms with van der Waals surface area (Å²) in [4.78, 5) is 23.9. The number of carboxylic acid groups (broad SMARTS) is 1. The molecule has 0 aliphatic rings. The molecular formula is C12H13BrN2O3. The molecule has 0 fully saturated rings. The molecule has 0 unspecified atom stereocenters. The van der Waals surface area contributed by atoms with Crippen LogP contribution in [0.2, 0.25) is 0 Å². The molecule has 2 N–H and O–H groups in total. The Hall–Kier alpha value is -1.82. The zero-order valence-electron chi connectivity index (χ0n) is 9.81. The Morgan fingerprint density at radius 1 is 1.56 bits per heavy atom. The first-order chi connectivity index (χ1) is 8.45. The summed E-state index contributed by atoms with van der Waals surface area (Å²) in [7, 11) is 1.64. The molecule has 5 nitrogen and oxygen atoms in total. The minimum absolute atomic E-state index is 0.152. The molecule has 0 aliphatic heterocycles. The van der Waals surface area contributed by atoms with Crippen molar-refractivity contribution in [2.75, 3.05) is 18.9 Å². The lowest BCUT2D eigenvalue weighted by molar-refractivity contribution is 0.0697. The van der Waals surface area contributed by atoms with E-state index in [2.05, 4.69) is 27.8 Å². The number of rotatable bonds is 4. The predicted octanol–water partition coefficient (Wildman–Crippen LogP) is 2.80. The Kier molecular flexibility index (Phi) is 4.91. The number of hydrogen-bond donors (Lipinski definition) is 2. The molecule has 0 saturated carbocycles. The molecule has 0 spiro atoms. The smallest absolute Gasteiger partial charge is 0.335 e. The molecule has 2 amide bonds. The van der Waals surface area contributed by atoms with Crippen molar-refractivity contribution in [1.82, 2.24) is 4.90 Å². The first-order valence-corrected chi connectivity index (χ1v) is 5.91. The fraction of sp³-hybridized carbons (Fsp3) is 0.167. The second-order valence-corrected chi connectivity index (χ2v) is 4.45. The van der Waals surface area contributed by atoms with Crippen molar-refractivity contribution in [3.63, 3.8) is 0 Å². The molecule has 0 bridgehead atoms. The van der Waals surface area contributed by atoms with E-state index in [1.54, 1.807) is 13.1 Å². The lowest BCUT2D eigenvalue weighted by Gasteiger charge is -2.16. The van der Waals surface area contributed by atoms with Crippen molar-refractivity contribution in [2.24, 2.45) is 0 Å². The van der Waals surface area contributed by atoms with Gasteiger partial charge in [-0.15, -0.1) is 6.58 Å². The standard InChI is InChI=1S/C12H13BrN2O3/c1-3-6-15(2)12(18)14-10-5-4-8(11(16)17)7-9(10)13/h3-5,7H,1,6H2,2H3,(H,14,18)(H,16,17). The molecule has 0 radical (unpaired) electrons. The first kappa shape index (κ1) is 14.2. The van der Waals surface area contributed by atoms with Crippen molar-refractivity contribution >= 4 is 33.6 Å². The van der Waals surface area contributed by atoms with Gasteiger partial charge in [-0.1, -0.05) is 6.08 Å². The molecule has 18 heavy (non-hydrogen) atoms. The Morgan fingerprint density at radius 2 is 2.22 bits per heavy atom. The second kappa shape index (κ2) is 6.20. The number of halogens is 1. The minimum Gasteiger partial charge on any atom is -0.478 e. The van der Waals surface area contributed by atoms with Crippen LogP contribution in [0.4, 0.5) is 10.5 Å². The summed E-state index contributed by atoms with van der Waals surface area (Å²) in [6.45, 7) is 3.97. The van der Waals surface area contributed by atoms with Crippen LogP contribution >= 0.6 is 15.9 Å². The van der Waals surface area contributed by atoms with Crippen LogP contribution in [-0.4, -0.2) is 35.6 Å². The van der Waals surface area contributed by atoms with Gasteiger partial charge >= 0.3 is 12.0 Å². The SMILES string of the molecule is C=CCN(C)C(=O)Nc1ccc(C(=O)O)cc1Br. The number of amides is 2. The molecule has 1 aromatic carbocycles. The maximum Gasteiger partial charge on any atom is 0.335 e. The van der Waals surface area contributed by atoms with Crippen LogP contribution in [0.15, 0.2) is 35.3 Å². The van der Waals surface area contributed by atoms with E-state index in [1.807, 2.05) is 0 Å². The number of urea groups is 1. The summed E-state index contributed by atoms with van der Waals surface area (Å²) in [5.41, 5.74) is 0.667. The largest absolute Gasteiger partial charge is 0.478 e. The van der Waals surface area contributed by atoms with Crippen LogP contribution in [0, 0.1) is 0 Å². The normalized spacial score (nSPS) is 9.67. The van der Waals surface area contributed by atoms with Crippen molar-refractivity contribution in [2.45, 2.75) is 0 Å². The molecule has 1 rings (SSSR count). The van der Waals surface area contributed by atoms with Crippen LogP contribution in [0.3, 0.4) is 0 Å². The fourth-order valence-corrected chi connectivity index (χ4v) is 1.71. The third kappa shape index (κ3) is 3.59. The predicted molar refractivity (Wildman–Crippen MR) is 72.9 cm³/mol. The summed E-state index contributed by atoms with van der Waals surface area (Å²) >= 11 is 3.22. The van der Waals surface area contributed by atoms with E-state index in [9.17, 15) is 9.59 Å². The number of nitrogens with one attached hydrogen (secondary N) is 1. The summed E-state index contributed by atoms with van der Waals surface area (Å²) in [5.74, 6) is -1.02. The Balaban J connectivity index is 2.82. The van der Waals surface area contributed by atoms with Crippen LogP contribution in [0.5, 0.6) is 0 Å². The number of hydrogen-bond acceptors (Lipinski definition) is 2. The van der Waals surface area contributed by atoms with Crippen LogP contribution in [0.25, 0.3) is 0 Å². The van der Waals surface area contributed by atoms with Gasteiger partial charge in [0.1, 0.15) is 0 Å². The number of carboxylic acids is 1. The summed E-state index contributed by atoms with van der Waals surface area (Å²) in [6, 6.07) is 4.10. The molecule has 0 atom stereocenters. The number of anilines is 1. The van der Waals surface area contributed by atoms with Crippen LogP contribution in [-0.2, 0) is 0 Å². The number of benzene rings is 1. The third-order valence-corrected chi connectivity index (χ3v) is 2.86. The van der Waals surface area contributed by atoms with Gasteiger partial charge in [0, 0.05) is 18.1 Å². The van der Waals surface area contributed by atoms with Gasteiger partial charge in [-0.3, -0.25) is 0 Å². The molecule has 6 heteroatoms. The number of likely N-dealkylation sites (N-methyl/N-ethyl adjacent to an activating group) is 1. The van der Waals surface area contributed by atoms with Gasteiger partial charge in [0.05, 0.1) is 11.3 Å². The van der Waals surface area contributed by atoms with Gasteiger partial charge in [0.2, 0.25) is 0 Å². The molecule has 1 aromatic rings. The first-order valence-electron chi connectivity index (χ1n) is 5.11. The Morgan fingerprint density at radius 3 is 2.72 bits per heavy atom. The number of carbonyl (C=O) groups excluding carboxylic acids is 1. The second-order valence-electron chi connectivity index (χ2n) is 3.60. The topological polar surface area (TPSA) is 69.6 Å². The minimum atomic E-state index is -1.02. The lowest BCUT2D eigenvalue weighted by Crippen LogP contribution is -2.31. The monoisotopic (exact) mass is 312 g/mol. The molecular weight excluding hydrogens is 300 g/mol. The molecule has 0 aliphatic carbocycles.